The molecule has 16 heteroatoms. The first-order valence-corrected chi connectivity index (χ1v) is 15.3. The number of carbonyl (C=O) groups is 6. The number of ketones is 2. The van der Waals surface area contributed by atoms with E-state index in [1.54, 1.807) is 12.1 Å². The predicted molar refractivity (Wildman–Crippen MR) is 176 cm³/mol. The number of hydrogen-bond donors (Lipinski definition) is 2. The third-order valence-corrected chi connectivity index (χ3v) is 6.68. The van der Waals surface area contributed by atoms with Gasteiger partial charge in [-0.1, -0.05) is 70.7 Å². The Hall–Kier alpha value is -4.10. The molecule has 0 heterocycles. The number of hydrogen-bond acceptors (Lipinski definition) is 10. The molecule has 2 amide bonds. The molecule has 0 bridgehead atoms. The van der Waals surface area contributed by atoms with Crippen molar-refractivity contribution in [3.8, 4) is 23.0 Å². The van der Waals surface area contributed by atoms with Gasteiger partial charge in [0.2, 0.25) is 0 Å². The van der Waals surface area contributed by atoms with Gasteiger partial charge in [0.15, 0.2) is 44.2 Å². The monoisotopic (exact) mass is 730 g/mol. The molecule has 0 unspecified atom stereocenters. The summed E-state index contributed by atoms with van der Waals surface area (Å²) < 4.78 is 21.1. The van der Waals surface area contributed by atoms with Gasteiger partial charge in [0, 0.05) is 0 Å². The number of rotatable bonds is 16. The second-order valence-electron chi connectivity index (χ2n) is 9.50. The number of benzene rings is 2. The van der Waals surface area contributed by atoms with Crippen molar-refractivity contribution >= 4 is 93.9 Å². The van der Waals surface area contributed by atoms with Crippen molar-refractivity contribution in [2.45, 2.75) is 42.0 Å². The van der Waals surface area contributed by atoms with Crippen molar-refractivity contribution < 1.29 is 47.7 Å². The lowest BCUT2D eigenvalue weighted by Crippen LogP contribution is -2.42. The standard InChI is InChI=1S/C31H30Cl4N2O10/c1-16(36-28(40)26(32)33)30(42)46-22-11-7-18(13-24(22)44-3)5-9-20(38)15-21(39)10-6-19-8-12-23(25(14-19)45-4)47-31(43)17(2)37-29(41)27(34)35/h5-14,16-17,26-27H,15H2,1-4H3,(H,36,40)(H,37,41)/b9-5+,10-6+/t16-,17-/m0/s1. The second-order valence-corrected chi connectivity index (χ2v) is 11.7. The number of alkyl halides is 4. The highest BCUT2D eigenvalue weighted by Gasteiger charge is 2.23. The van der Waals surface area contributed by atoms with Crippen LogP contribution in [0.15, 0.2) is 48.6 Å². The summed E-state index contributed by atoms with van der Waals surface area (Å²) in [7, 11) is 2.70. The quantitative estimate of drug-likeness (QED) is 0.0833. The van der Waals surface area contributed by atoms with E-state index in [4.69, 9.17) is 65.4 Å². The Bertz CT molecular complexity index is 1450. The van der Waals surface area contributed by atoms with Gasteiger partial charge in [-0.25, -0.2) is 9.59 Å². The molecule has 0 fully saturated rings. The highest BCUT2D eigenvalue weighted by molar-refractivity contribution is 6.54. The maximum Gasteiger partial charge on any atom is 0.333 e. The number of nitrogens with one attached hydrogen (secondary N) is 2. The van der Waals surface area contributed by atoms with Gasteiger partial charge in [0.25, 0.3) is 11.8 Å². The van der Waals surface area contributed by atoms with Crippen LogP contribution in [-0.4, -0.2) is 71.3 Å². The summed E-state index contributed by atoms with van der Waals surface area (Å²) in [6.07, 6.45) is 4.93. The summed E-state index contributed by atoms with van der Waals surface area (Å²) in [4.78, 5) is 70.0. The number of halogens is 4. The molecular formula is C31H30Cl4N2O10. The number of carbonyl (C=O) groups excluding carboxylic acids is 6. The summed E-state index contributed by atoms with van der Waals surface area (Å²) in [6.45, 7) is 2.78. The number of methoxy groups -OCH3 is 2. The summed E-state index contributed by atoms with van der Waals surface area (Å²) in [5.41, 5.74) is 1.02. The molecule has 0 spiro atoms. The Balaban J connectivity index is 1.98. The fourth-order valence-electron chi connectivity index (χ4n) is 3.48. The molecule has 12 nitrogen and oxygen atoms in total. The van der Waals surface area contributed by atoms with Crippen LogP contribution in [0.3, 0.4) is 0 Å². The van der Waals surface area contributed by atoms with Crippen molar-refractivity contribution in [2.24, 2.45) is 0 Å². The molecule has 2 atom stereocenters. The topological polar surface area (TPSA) is 163 Å². The highest BCUT2D eigenvalue weighted by Crippen LogP contribution is 2.30. The molecular weight excluding hydrogens is 702 g/mol. The van der Waals surface area contributed by atoms with E-state index < -0.39 is 63.5 Å². The lowest BCUT2D eigenvalue weighted by atomic mass is 10.1. The van der Waals surface area contributed by atoms with Gasteiger partial charge in [-0.2, -0.15) is 0 Å². The summed E-state index contributed by atoms with van der Waals surface area (Å²) >= 11 is 21.9. The molecule has 0 aromatic heterocycles. The summed E-state index contributed by atoms with van der Waals surface area (Å²) in [5.74, 6) is -3.59. The number of amides is 2. The molecule has 0 aliphatic rings. The van der Waals surface area contributed by atoms with E-state index in [9.17, 15) is 28.8 Å². The molecule has 0 saturated carbocycles. The molecule has 2 aromatic carbocycles. The van der Waals surface area contributed by atoms with Crippen LogP contribution in [0.1, 0.15) is 31.4 Å². The summed E-state index contributed by atoms with van der Waals surface area (Å²) in [6, 6.07) is 6.89. The van der Waals surface area contributed by atoms with Crippen molar-refractivity contribution in [1.82, 2.24) is 10.6 Å². The molecule has 2 rings (SSSR count). The van der Waals surface area contributed by atoms with Gasteiger partial charge in [-0.05, 0) is 61.4 Å². The van der Waals surface area contributed by atoms with Gasteiger partial charge in [-0.3, -0.25) is 19.2 Å². The van der Waals surface area contributed by atoms with Crippen LogP contribution in [-0.2, 0) is 28.8 Å². The van der Waals surface area contributed by atoms with Crippen molar-refractivity contribution in [1.29, 1.82) is 0 Å². The van der Waals surface area contributed by atoms with Gasteiger partial charge in [0.1, 0.15) is 12.1 Å². The van der Waals surface area contributed by atoms with Crippen LogP contribution >= 0.6 is 46.4 Å². The van der Waals surface area contributed by atoms with E-state index in [2.05, 4.69) is 10.6 Å². The average Bonchev–Trinajstić information content (AvgIpc) is 3.03. The van der Waals surface area contributed by atoms with Crippen LogP contribution in [0.4, 0.5) is 0 Å². The smallest absolute Gasteiger partial charge is 0.333 e. The highest BCUT2D eigenvalue weighted by atomic mass is 35.5. The van der Waals surface area contributed by atoms with Crippen LogP contribution < -0.4 is 29.6 Å². The Morgan fingerprint density at radius 1 is 0.638 bits per heavy atom. The SMILES string of the molecule is COc1cc(/C=C/C(=O)CC(=O)/C=C/c2ccc(OC(=O)[C@H](C)NC(=O)C(Cl)Cl)c(OC)c2)ccc1OC(=O)[C@H](C)NC(=O)C(Cl)Cl. The van der Waals surface area contributed by atoms with Crippen molar-refractivity contribution in [2.75, 3.05) is 14.2 Å². The molecule has 0 radical (unpaired) electrons. The van der Waals surface area contributed by atoms with E-state index >= 15 is 0 Å². The molecule has 0 saturated heterocycles. The van der Waals surface area contributed by atoms with Crippen LogP contribution in [0, 0.1) is 0 Å². The van der Waals surface area contributed by atoms with Gasteiger partial charge in [0.05, 0.1) is 20.6 Å². The first-order valence-electron chi connectivity index (χ1n) is 13.5. The largest absolute Gasteiger partial charge is 0.493 e. The third kappa shape index (κ3) is 12.9. The van der Waals surface area contributed by atoms with Crippen molar-refractivity contribution in [3.63, 3.8) is 0 Å². The van der Waals surface area contributed by atoms with E-state index in [-0.39, 0.29) is 23.0 Å². The number of ether oxygens (including phenoxy) is 4. The fourth-order valence-corrected chi connectivity index (χ4v) is 3.73. The second kappa shape index (κ2) is 18.9. The van der Waals surface area contributed by atoms with E-state index in [0.717, 1.165) is 0 Å². The minimum Gasteiger partial charge on any atom is -0.493 e. The normalized spacial score (nSPS) is 12.5. The van der Waals surface area contributed by atoms with Crippen LogP contribution in [0.2, 0.25) is 0 Å². The first-order chi connectivity index (χ1) is 22.1. The molecule has 2 N–H and O–H groups in total. The Morgan fingerprint density at radius 2 is 1.00 bits per heavy atom. The van der Waals surface area contributed by atoms with Gasteiger partial charge in [-0.15, -0.1) is 0 Å². The maximum absolute atomic E-state index is 12.4. The minimum atomic E-state index is -1.35. The van der Waals surface area contributed by atoms with Crippen LogP contribution in [0.25, 0.3) is 12.2 Å². The number of allylic oxidation sites excluding steroid dienone is 2. The maximum atomic E-state index is 12.4. The zero-order chi connectivity index (χ0) is 35.3. The fraction of sp³-hybridized carbons (Fsp3) is 0.290. The lowest BCUT2D eigenvalue weighted by Gasteiger charge is -2.15. The van der Waals surface area contributed by atoms with Gasteiger partial charge < -0.3 is 29.6 Å². The number of esters is 2. The van der Waals surface area contributed by atoms with Crippen molar-refractivity contribution in [3.05, 3.63) is 59.7 Å². The predicted octanol–water partition coefficient (Wildman–Crippen LogP) is 4.39. The molecule has 0 aliphatic heterocycles. The Kier molecular flexibility index (Phi) is 15.7. The third-order valence-electron chi connectivity index (χ3n) is 5.89. The van der Waals surface area contributed by atoms with E-state index in [1.807, 2.05) is 0 Å². The minimum absolute atomic E-state index is 0.0637. The zero-order valence-corrected chi connectivity index (χ0v) is 28.4. The lowest BCUT2D eigenvalue weighted by molar-refractivity contribution is -0.139. The molecule has 0 aliphatic carbocycles. The van der Waals surface area contributed by atoms with E-state index in [1.165, 1.54) is 76.6 Å². The first kappa shape index (κ1) is 39.1. The Labute approximate surface area is 290 Å². The van der Waals surface area contributed by atoms with Gasteiger partial charge >= 0.3 is 11.9 Å². The summed E-state index contributed by atoms with van der Waals surface area (Å²) in [5, 5.41) is 4.60. The molecule has 252 valence electrons. The van der Waals surface area contributed by atoms with E-state index in [0.29, 0.717) is 11.1 Å². The van der Waals surface area contributed by atoms with Crippen LogP contribution in [0.5, 0.6) is 23.0 Å². The average molecular weight is 732 g/mol. The molecule has 47 heavy (non-hydrogen) atoms. The zero-order valence-electron chi connectivity index (χ0n) is 25.4. The Morgan fingerprint density at radius 3 is 1.32 bits per heavy atom. The molecule has 2 aromatic rings.